The van der Waals surface area contributed by atoms with Crippen LogP contribution in [0.3, 0.4) is 0 Å². The van der Waals surface area contributed by atoms with Gasteiger partial charge in [0.15, 0.2) is 29.1 Å². The second kappa shape index (κ2) is 11.3. The zero-order chi connectivity index (χ0) is 26.1. The SMILES string of the molecule is CC(=O)/C=C(/C)O.CC(C)(C)c1cc(-c2ncnc3c(F)c(F)c(F)c(F)c23)[c-]c2ccccc12.[Ir]. The third-order valence-electron chi connectivity index (χ3n) is 5.10. The number of hydrogen-bond acceptors (Lipinski definition) is 4. The van der Waals surface area contributed by atoms with Gasteiger partial charge in [0.25, 0.3) is 0 Å². The van der Waals surface area contributed by atoms with Crippen LogP contribution in [-0.4, -0.2) is 20.9 Å². The van der Waals surface area contributed by atoms with Crippen LogP contribution in [0.5, 0.6) is 0 Å². The Labute approximate surface area is 219 Å². The fourth-order valence-electron chi connectivity index (χ4n) is 3.64. The molecule has 0 unspecified atom stereocenters. The Morgan fingerprint density at radius 2 is 1.58 bits per heavy atom. The van der Waals surface area contributed by atoms with Crippen molar-refractivity contribution in [1.29, 1.82) is 0 Å². The third-order valence-corrected chi connectivity index (χ3v) is 5.10. The van der Waals surface area contributed by atoms with E-state index in [9.17, 15) is 22.4 Å². The van der Waals surface area contributed by atoms with Gasteiger partial charge in [0.2, 0.25) is 0 Å². The standard InChI is InChI=1S/C22H15F4N2.C5H8O2.Ir/c1-22(2,3)14-9-12(8-11-6-4-5-7-13(11)14)20-15-16(23)17(24)18(25)19(26)21(15)28-10-27-20;1-4(6)3-5(2)7;/h4-7,9-10H,1-3H3;3,6H,1-2H3;/q-1;;/b;4-3-;. The summed E-state index contributed by atoms with van der Waals surface area (Å²) in [5.41, 5.74) is 0.359. The summed E-state index contributed by atoms with van der Waals surface area (Å²) in [7, 11) is 0. The van der Waals surface area contributed by atoms with Crippen molar-refractivity contribution in [2.24, 2.45) is 0 Å². The van der Waals surface area contributed by atoms with E-state index in [0.717, 1.165) is 22.7 Å². The van der Waals surface area contributed by atoms with Crippen LogP contribution in [0.1, 0.15) is 40.2 Å². The molecule has 1 heterocycles. The summed E-state index contributed by atoms with van der Waals surface area (Å²) in [5, 5.41) is 9.56. The number of benzene rings is 3. The number of fused-ring (bicyclic) bond motifs is 2. The van der Waals surface area contributed by atoms with Crippen LogP contribution >= 0.6 is 0 Å². The molecule has 3 aromatic carbocycles. The van der Waals surface area contributed by atoms with E-state index in [-0.39, 0.29) is 42.8 Å². The molecule has 0 bridgehead atoms. The predicted molar refractivity (Wildman–Crippen MR) is 127 cm³/mol. The molecule has 0 saturated carbocycles. The number of ketones is 1. The van der Waals surface area contributed by atoms with E-state index in [1.807, 2.05) is 45.0 Å². The van der Waals surface area contributed by atoms with Gasteiger partial charge in [0.05, 0.1) is 5.76 Å². The quantitative estimate of drug-likeness (QED) is 0.0613. The van der Waals surface area contributed by atoms with Crippen molar-refractivity contribution in [2.45, 2.75) is 40.0 Å². The van der Waals surface area contributed by atoms with Crippen molar-refractivity contribution >= 4 is 27.5 Å². The minimum atomic E-state index is -1.90. The molecule has 0 fully saturated rings. The molecule has 0 aliphatic carbocycles. The van der Waals surface area contributed by atoms with E-state index < -0.39 is 34.2 Å². The van der Waals surface area contributed by atoms with E-state index in [0.29, 0.717) is 5.56 Å². The first kappa shape index (κ1) is 29.1. The minimum Gasteiger partial charge on any atom is -0.512 e. The molecular formula is C27H23F4IrN2O2-. The van der Waals surface area contributed by atoms with Crippen molar-refractivity contribution in [1.82, 2.24) is 9.97 Å². The van der Waals surface area contributed by atoms with Crippen LogP contribution in [0.15, 0.2) is 48.5 Å². The van der Waals surface area contributed by atoms with E-state index in [1.165, 1.54) is 19.9 Å². The van der Waals surface area contributed by atoms with Gasteiger partial charge in [-0.3, -0.25) is 9.78 Å². The molecule has 4 aromatic rings. The normalized spacial score (nSPS) is 11.6. The second-order valence-electron chi connectivity index (χ2n) is 8.99. The average Bonchev–Trinajstić information content (AvgIpc) is 2.79. The molecule has 1 N–H and O–H groups in total. The predicted octanol–water partition coefficient (Wildman–Crippen LogP) is 7.14. The summed E-state index contributed by atoms with van der Waals surface area (Å²) in [5.74, 6) is -6.92. The third kappa shape index (κ3) is 5.97. The topological polar surface area (TPSA) is 63.1 Å². The summed E-state index contributed by atoms with van der Waals surface area (Å²) in [4.78, 5) is 17.7. The molecule has 0 aliphatic rings. The van der Waals surface area contributed by atoms with Gasteiger partial charge in [-0.25, -0.2) is 22.5 Å². The van der Waals surface area contributed by atoms with Gasteiger partial charge in [0.1, 0.15) is 11.8 Å². The first-order valence-electron chi connectivity index (χ1n) is 10.6. The molecule has 191 valence electrons. The van der Waals surface area contributed by atoms with Crippen molar-refractivity contribution in [2.75, 3.05) is 0 Å². The Bertz CT molecular complexity index is 1480. The molecule has 4 nitrogen and oxygen atoms in total. The van der Waals surface area contributed by atoms with Crippen molar-refractivity contribution in [3.05, 3.63) is 83.4 Å². The minimum absolute atomic E-state index is 0. The Kier molecular flexibility index (Phi) is 9.10. The first-order valence-corrected chi connectivity index (χ1v) is 10.6. The molecule has 0 spiro atoms. The first-order chi connectivity index (χ1) is 16.3. The fourth-order valence-corrected chi connectivity index (χ4v) is 3.64. The van der Waals surface area contributed by atoms with E-state index in [1.54, 1.807) is 6.07 Å². The van der Waals surface area contributed by atoms with Gasteiger partial charge in [-0.05, 0) is 19.3 Å². The van der Waals surface area contributed by atoms with Crippen LogP contribution in [0.25, 0.3) is 32.9 Å². The summed E-state index contributed by atoms with van der Waals surface area (Å²) in [6.45, 7) is 8.91. The maximum absolute atomic E-state index is 14.6. The molecule has 4 rings (SSSR count). The van der Waals surface area contributed by atoms with E-state index >= 15 is 0 Å². The number of halogens is 4. The van der Waals surface area contributed by atoms with Crippen LogP contribution < -0.4 is 0 Å². The molecule has 0 aliphatic heterocycles. The smallest absolute Gasteiger partial charge is 0.199 e. The number of hydrogen-bond donors (Lipinski definition) is 1. The molecule has 1 radical (unpaired) electrons. The van der Waals surface area contributed by atoms with Gasteiger partial charge in [-0.2, -0.15) is 0 Å². The van der Waals surface area contributed by atoms with E-state index in [4.69, 9.17) is 5.11 Å². The number of rotatable bonds is 2. The zero-order valence-corrected chi connectivity index (χ0v) is 22.5. The molecule has 9 heteroatoms. The number of carbonyl (C=O) groups excluding carboxylic acids is 1. The molecule has 36 heavy (non-hydrogen) atoms. The number of allylic oxidation sites excluding steroid dienone is 2. The van der Waals surface area contributed by atoms with Crippen molar-refractivity contribution in [3.63, 3.8) is 0 Å². The second-order valence-corrected chi connectivity index (χ2v) is 8.99. The largest absolute Gasteiger partial charge is 0.512 e. The maximum Gasteiger partial charge on any atom is 0.199 e. The van der Waals surface area contributed by atoms with Gasteiger partial charge >= 0.3 is 0 Å². The number of nitrogens with zero attached hydrogens (tertiary/aromatic N) is 2. The maximum atomic E-state index is 14.6. The zero-order valence-electron chi connectivity index (χ0n) is 20.1. The summed E-state index contributed by atoms with van der Waals surface area (Å²) >= 11 is 0. The van der Waals surface area contributed by atoms with Crippen LogP contribution in [-0.2, 0) is 30.3 Å². The average molecular weight is 676 g/mol. The Morgan fingerprint density at radius 1 is 0.972 bits per heavy atom. The summed E-state index contributed by atoms with van der Waals surface area (Å²) in [6.07, 6.45) is 2.16. The number of aromatic nitrogens is 2. The summed E-state index contributed by atoms with van der Waals surface area (Å²) in [6, 6.07) is 12.4. The van der Waals surface area contributed by atoms with Crippen LogP contribution in [0.4, 0.5) is 17.6 Å². The van der Waals surface area contributed by atoms with Crippen molar-refractivity contribution in [3.8, 4) is 11.3 Å². The molecular weight excluding hydrogens is 653 g/mol. The van der Waals surface area contributed by atoms with Crippen LogP contribution in [0.2, 0.25) is 0 Å². The van der Waals surface area contributed by atoms with Crippen molar-refractivity contribution < 1.29 is 47.6 Å². The molecule has 1 aromatic heterocycles. The van der Waals surface area contributed by atoms with E-state index in [2.05, 4.69) is 16.0 Å². The number of carbonyl (C=O) groups is 1. The number of aliphatic hydroxyl groups is 1. The van der Waals surface area contributed by atoms with Gasteiger partial charge in [-0.1, -0.05) is 49.9 Å². The van der Waals surface area contributed by atoms with Crippen LogP contribution in [0, 0.1) is 29.3 Å². The monoisotopic (exact) mass is 676 g/mol. The Balaban J connectivity index is 0.000000503. The Morgan fingerprint density at radius 3 is 2.14 bits per heavy atom. The fraction of sp³-hybridized carbons (Fsp3) is 0.222. The molecule has 0 saturated heterocycles. The van der Waals surface area contributed by atoms with Gasteiger partial charge < -0.3 is 5.11 Å². The number of aliphatic hydroxyl groups excluding tert-OH is 1. The molecule has 0 atom stereocenters. The van der Waals surface area contributed by atoms with Gasteiger partial charge in [0, 0.05) is 37.3 Å². The Hall–Kier alpha value is -3.16. The summed E-state index contributed by atoms with van der Waals surface area (Å²) < 4.78 is 56.2. The van der Waals surface area contributed by atoms with Gasteiger partial charge in [-0.15, -0.1) is 29.1 Å². The molecule has 0 amide bonds.